The molecule has 24 heavy (non-hydrogen) atoms. The summed E-state index contributed by atoms with van der Waals surface area (Å²) >= 11 is 0. The van der Waals surface area contributed by atoms with Crippen LogP contribution in [-0.2, 0) is 14.4 Å². The summed E-state index contributed by atoms with van der Waals surface area (Å²) in [5, 5.41) is 21.3. The molecule has 2 heterocycles. The summed E-state index contributed by atoms with van der Waals surface area (Å²) in [7, 11) is 0. The fourth-order valence-corrected chi connectivity index (χ4v) is 2.87. The van der Waals surface area contributed by atoms with Crippen LogP contribution in [0.4, 0.5) is 0 Å². The summed E-state index contributed by atoms with van der Waals surface area (Å²) in [6, 6.07) is 7.33. The molecule has 1 aromatic rings. The number of para-hydroxylation sites is 1. The monoisotopic (exact) mass is 332 g/mol. The van der Waals surface area contributed by atoms with Crippen molar-refractivity contribution >= 4 is 17.8 Å². The van der Waals surface area contributed by atoms with Crippen LogP contribution in [0.1, 0.15) is 6.42 Å². The smallest absolute Gasteiger partial charge is 0.352 e. The zero-order chi connectivity index (χ0) is 17.3. The zero-order valence-electron chi connectivity index (χ0n) is 12.6. The summed E-state index contributed by atoms with van der Waals surface area (Å²) in [5.74, 6) is -1.76. The number of aliphatic carboxylic acids is 1. The summed E-state index contributed by atoms with van der Waals surface area (Å²) in [6.45, 7) is -0.259. The van der Waals surface area contributed by atoms with Crippen molar-refractivity contribution in [2.24, 2.45) is 0 Å². The Labute approximate surface area is 137 Å². The molecule has 1 aromatic carbocycles. The number of nitrogens with zero attached hydrogens (tertiary/aromatic N) is 1. The van der Waals surface area contributed by atoms with Gasteiger partial charge in [-0.25, -0.2) is 4.79 Å². The number of benzene rings is 1. The number of nitrogens with one attached hydrogen (secondary N) is 1. The van der Waals surface area contributed by atoms with Gasteiger partial charge in [0.1, 0.15) is 17.5 Å². The molecule has 1 saturated heterocycles. The highest BCUT2D eigenvalue weighted by molar-refractivity contribution is 6.01. The molecule has 126 valence electrons. The van der Waals surface area contributed by atoms with E-state index in [-0.39, 0.29) is 18.7 Å². The van der Waals surface area contributed by atoms with Gasteiger partial charge >= 0.3 is 5.97 Å². The lowest BCUT2D eigenvalue weighted by molar-refractivity contribution is -0.157. The van der Waals surface area contributed by atoms with Crippen LogP contribution in [0.2, 0.25) is 0 Å². The normalized spacial score (nSPS) is 25.2. The van der Waals surface area contributed by atoms with E-state index in [2.05, 4.69) is 5.32 Å². The lowest BCUT2D eigenvalue weighted by Crippen LogP contribution is -2.72. The van der Waals surface area contributed by atoms with Crippen molar-refractivity contribution in [1.29, 1.82) is 0 Å². The second-order valence-corrected chi connectivity index (χ2v) is 5.58. The van der Waals surface area contributed by atoms with Crippen LogP contribution in [0.25, 0.3) is 0 Å². The Bertz CT molecular complexity index is 702. The van der Waals surface area contributed by atoms with E-state index in [4.69, 9.17) is 9.84 Å². The largest absolute Gasteiger partial charge is 0.484 e. The van der Waals surface area contributed by atoms with Crippen LogP contribution >= 0.6 is 0 Å². The molecule has 0 aromatic heterocycles. The van der Waals surface area contributed by atoms with Gasteiger partial charge in [-0.05, 0) is 18.2 Å². The number of ether oxygens (including phenoxy) is 1. The van der Waals surface area contributed by atoms with Crippen molar-refractivity contribution in [2.75, 3.05) is 6.61 Å². The van der Waals surface area contributed by atoms with E-state index in [1.807, 2.05) is 6.07 Å². The molecule has 3 atom stereocenters. The summed E-state index contributed by atoms with van der Waals surface area (Å²) < 4.78 is 5.30. The Morgan fingerprint density at radius 2 is 2.00 bits per heavy atom. The van der Waals surface area contributed by atoms with Crippen LogP contribution in [0.3, 0.4) is 0 Å². The summed E-state index contributed by atoms with van der Waals surface area (Å²) in [5.41, 5.74) is -0.255. The van der Waals surface area contributed by atoms with E-state index in [0.29, 0.717) is 5.75 Å². The second kappa shape index (κ2) is 6.32. The van der Waals surface area contributed by atoms with Crippen LogP contribution in [0.15, 0.2) is 42.1 Å². The molecule has 0 saturated carbocycles. The highest BCUT2D eigenvalue weighted by atomic mass is 16.5. The minimum absolute atomic E-state index is 0.174. The topological polar surface area (TPSA) is 116 Å². The molecule has 0 aliphatic carbocycles. The van der Waals surface area contributed by atoms with Crippen molar-refractivity contribution in [2.45, 2.75) is 24.6 Å². The van der Waals surface area contributed by atoms with Crippen LogP contribution in [0, 0.1) is 0 Å². The number of aliphatic hydroxyl groups is 1. The van der Waals surface area contributed by atoms with Gasteiger partial charge in [0.15, 0.2) is 6.61 Å². The van der Waals surface area contributed by atoms with Gasteiger partial charge in [-0.1, -0.05) is 18.2 Å². The fraction of sp³-hybridized carbons (Fsp3) is 0.312. The van der Waals surface area contributed by atoms with E-state index >= 15 is 0 Å². The first-order chi connectivity index (χ1) is 11.5. The van der Waals surface area contributed by atoms with Gasteiger partial charge in [-0.15, -0.1) is 0 Å². The maximum absolute atomic E-state index is 12.1. The number of carbonyl (C=O) groups is 3. The van der Waals surface area contributed by atoms with Gasteiger partial charge in [0, 0.05) is 6.42 Å². The molecule has 3 rings (SSSR count). The second-order valence-electron chi connectivity index (χ2n) is 5.58. The molecule has 8 nitrogen and oxygen atoms in total. The third kappa shape index (κ3) is 2.95. The maximum Gasteiger partial charge on any atom is 0.352 e. The van der Waals surface area contributed by atoms with E-state index < -0.39 is 36.0 Å². The van der Waals surface area contributed by atoms with Gasteiger partial charge in [0.05, 0.1) is 12.1 Å². The SMILES string of the molecule is O=C(COc1ccccc1)N[C@H]1C(=O)N2C(C(=O)O)=C[C@H](O)C[C@@H]12. The van der Waals surface area contributed by atoms with Gasteiger partial charge in [-0.2, -0.15) is 0 Å². The Balaban J connectivity index is 1.59. The molecule has 2 aliphatic heterocycles. The first-order valence-corrected chi connectivity index (χ1v) is 7.41. The third-order valence-corrected chi connectivity index (χ3v) is 3.96. The minimum Gasteiger partial charge on any atom is -0.484 e. The van der Waals surface area contributed by atoms with E-state index in [0.717, 1.165) is 11.0 Å². The highest BCUT2D eigenvalue weighted by Crippen LogP contribution is 2.33. The number of amides is 2. The van der Waals surface area contributed by atoms with Gasteiger partial charge in [0.25, 0.3) is 11.8 Å². The Morgan fingerprint density at radius 3 is 2.67 bits per heavy atom. The first kappa shape index (κ1) is 16.0. The van der Waals surface area contributed by atoms with E-state index in [9.17, 15) is 19.5 Å². The molecule has 1 fully saturated rings. The van der Waals surface area contributed by atoms with Crippen LogP contribution in [0.5, 0.6) is 5.75 Å². The molecule has 2 aliphatic rings. The third-order valence-electron chi connectivity index (χ3n) is 3.96. The van der Waals surface area contributed by atoms with Crippen LogP contribution in [-0.4, -0.2) is 57.7 Å². The number of hydrogen-bond donors (Lipinski definition) is 3. The van der Waals surface area contributed by atoms with Crippen molar-refractivity contribution in [1.82, 2.24) is 10.2 Å². The lowest BCUT2D eigenvalue weighted by Gasteiger charge is -2.49. The maximum atomic E-state index is 12.1. The first-order valence-electron chi connectivity index (χ1n) is 7.41. The molecule has 0 bridgehead atoms. The number of rotatable bonds is 5. The molecule has 0 unspecified atom stereocenters. The average molecular weight is 332 g/mol. The summed E-state index contributed by atoms with van der Waals surface area (Å²) in [4.78, 5) is 36.3. The predicted octanol–water partition coefficient (Wildman–Crippen LogP) is -0.506. The van der Waals surface area contributed by atoms with Gasteiger partial charge in [-0.3, -0.25) is 14.5 Å². The molecule has 2 amide bonds. The van der Waals surface area contributed by atoms with E-state index in [1.54, 1.807) is 24.3 Å². The Kier molecular flexibility index (Phi) is 4.22. The number of carboxylic acid groups (broad SMARTS) is 1. The van der Waals surface area contributed by atoms with Crippen molar-refractivity contribution < 1.29 is 29.3 Å². The number of β-lactam (4-membered cyclic amide) rings is 1. The average Bonchev–Trinajstić information content (AvgIpc) is 2.57. The predicted molar refractivity (Wildman–Crippen MR) is 80.8 cm³/mol. The number of carbonyl (C=O) groups excluding carboxylic acids is 2. The van der Waals surface area contributed by atoms with Gasteiger partial charge < -0.3 is 20.3 Å². The molecular weight excluding hydrogens is 316 g/mol. The fourth-order valence-electron chi connectivity index (χ4n) is 2.87. The molecule has 3 N–H and O–H groups in total. The van der Waals surface area contributed by atoms with Gasteiger partial charge in [0.2, 0.25) is 0 Å². The van der Waals surface area contributed by atoms with Crippen molar-refractivity contribution in [3.63, 3.8) is 0 Å². The quantitative estimate of drug-likeness (QED) is 0.626. The number of aliphatic hydroxyl groups excluding tert-OH is 1. The highest BCUT2D eigenvalue weighted by Gasteiger charge is 2.53. The number of hydrogen-bond acceptors (Lipinski definition) is 5. The Hall–Kier alpha value is -2.87. The molecule has 0 radical (unpaired) electrons. The zero-order valence-corrected chi connectivity index (χ0v) is 12.6. The molecule has 8 heteroatoms. The Morgan fingerprint density at radius 1 is 1.29 bits per heavy atom. The number of fused-ring (bicyclic) bond motifs is 1. The minimum atomic E-state index is -1.29. The van der Waals surface area contributed by atoms with Crippen molar-refractivity contribution in [3.05, 3.63) is 42.1 Å². The molecule has 0 spiro atoms. The van der Waals surface area contributed by atoms with E-state index in [1.165, 1.54) is 0 Å². The number of carboxylic acids is 1. The van der Waals surface area contributed by atoms with Crippen LogP contribution < -0.4 is 10.1 Å². The standard InChI is InChI=1S/C16H16N2O6/c19-9-6-11-14(15(21)18(11)12(7-9)16(22)23)17-13(20)8-24-10-4-2-1-3-5-10/h1-5,7,9,11,14,19H,6,8H2,(H,17,20)(H,22,23)/t9-,11+,14-/m1/s1. The lowest BCUT2D eigenvalue weighted by atomic mass is 9.85. The summed E-state index contributed by atoms with van der Waals surface area (Å²) in [6.07, 6.45) is 0.339. The molecular formula is C16H16N2O6. The van der Waals surface area contributed by atoms with Crippen molar-refractivity contribution in [3.8, 4) is 5.75 Å².